The summed E-state index contributed by atoms with van der Waals surface area (Å²) in [6, 6.07) is 8.38. The highest BCUT2D eigenvalue weighted by Crippen LogP contribution is 2.18. The third kappa shape index (κ3) is 3.08. The van der Waals surface area contributed by atoms with Crippen LogP contribution in [0.3, 0.4) is 0 Å². The van der Waals surface area contributed by atoms with Gasteiger partial charge in [0.1, 0.15) is 17.9 Å². The normalized spacial score (nSPS) is 10.3. The highest BCUT2D eigenvalue weighted by Gasteiger charge is 2.17. The van der Waals surface area contributed by atoms with Crippen LogP contribution >= 0.6 is 11.6 Å². The molecule has 0 atom stereocenters. The van der Waals surface area contributed by atoms with Gasteiger partial charge in [-0.25, -0.2) is 9.59 Å². The fourth-order valence-corrected chi connectivity index (χ4v) is 2.08. The average molecular weight is 293 g/mol. The molecule has 104 valence electrons. The van der Waals surface area contributed by atoms with Crippen LogP contribution in [0.4, 0.5) is 0 Å². The standard InChI is InChI=1S/C15H13ClO4/c1-9-7-13(17)20-10(2)14(9)15(18)19-8-11-5-3-4-6-12(11)16/h3-7H,8H2,1-2H3. The number of hydrogen-bond donors (Lipinski definition) is 0. The van der Waals surface area contributed by atoms with Gasteiger partial charge in [0.25, 0.3) is 0 Å². The summed E-state index contributed by atoms with van der Waals surface area (Å²) in [5.74, 6) is -0.289. The molecule has 0 bridgehead atoms. The van der Waals surface area contributed by atoms with E-state index in [2.05, 4.69) is 0 Å². The molecule has 4 nitrogen and oxygen atoms in total. The molecule has 0 saturated heterocycles. The second-order valence-corrected chi connectivity index (χ2v) is 4.75. The van der Waals surface area contributed by atoms with Crippen LogP contribution in [0.25, 0.3) is 0 Å². The van der Waals surface area contributed by atoms with Crippen molar-refractivity contribution in [2.24, 2.45) is 0 Å². The zero-order valence-corrected chi connectivity index (χ0v) is 11.9. The fourth-order valence-electron chi connectivity index (χ4n) is 1.89. The Labute approximate surface area is 120 Å². The lowest BCUT2D eigenvalue weighted by Gasteiger charge is -2.09. The van der Waals surface area contributed by atoms with E-state index in [9.17, 15) is 9.59 Å². The van der Waals surface area contributed by atoms with Crippen molar-refractivity contribution in [1.29, 1.82) is 0 Å². The SMILES string of the molecule is Cc1cc(=O)oc(C)c1C(=O)OCc1ccccc1Cl. The zero-order valence-electron chi connectivity index (χ0n) is 11.1. The molecule has 0 aliphatic heterocycles. The Hall–Kier alpha value is -2.07. The molecule has 0 radical (unpaired) electrons. The minimum absolute atomic E-state index is 0.0660. The molecule has 0 spiro atoms. The topological polar surface area (TPSA) is 56.5 Å². The minimum Gasteiger partial charge on any atom is -0.457 e. The van der Waals surface area contributed by atoms with Gasteiger partial charge >= 0.3 is 11.6 Å². The number of ether oxygens (including phenoxy) is 1. The number of carbonyl (C=O) groups excluding carboxylic acids is 1. The highest BCUT2D eigenvalue weighted by atomic mass is 35.5. The Morgan fingerprint density at radius 2 is 2.00 bits per heavy atom. The molecule has 0 aliphatic rings. The van der Waals surface area contributed by atoms with Gasteiger partial charge in [0.2, 0.25) is 0 Å². The number of hydrogen-bond acceptors (Lipinski definition) is 4. The van der Waals surface area contributed by atoms with Crippen LogP contribution in [0.15, 0.2) is 39.5 Å². The molecule has 1 aromatic carbocycles. The largest absolute Gasteiger partial charge is 0.457 e. The second kappa shape index (κ2) is 5.92. The molecular weight excluding hydrogens is 280 g/mol. The first-order chi connectivity index (χ1) is 9.49. The lowest BCUT2D eigenvalue weighted by Crippen LogP contribution is -2.12. The van der Waals surface area contributed by atoms with Crippen molar-refractivity contribution in [3.05, 3.63) is 68.2 Å². The quantitative estimate of drug-likeness (QED) is 0.815. The summed E-state index contributed by atoms with van der Waals surface area (Å²) < 4.78 is 10.1. The summed E-state index contributed by atoms with van der Waals surface area (Å²) in [5.41, 5.74) is 1.04. The van der Waals surface area contributed by atoms with Crippen molar-refractivity contribution < 1.29 is 13.9 Å². The van der Waals surface area contributed by atoms with E-state index in [0.29, 0.717) is 10.6 Å². The van der Waals surface area contributed by atoms with Gasteiger partial charge in [-0.3, -0.25) is 0 Å². The van der Waals surface area contributed by atoms with Gasteiger partial charge in [-0.15, -0.1) is 0 Å². The maximum absolute atomic E-state index is 12.1. The van der Waals surface area contributed by atoms with E-state index in [1.165, 1.54) is 6.07 Å². The summed E-state index contributed by atoms with van der Waals surface area (Å²) in [6.45, 7) is 3.28. The lowest BCUT2D eigenvalue weighted by atomic mass is 10.1. The van der Waals surface area contributed by atoms with Gasteiger partial charge in [0.05, 0.1) is 0 Å². The molecule has 2 rings (SSSR count). The van der Waals surface area contributed by atoms with Crippen molar-refractivity contribution >= 4 is 17.6 Å². The highest BCUT2D eigenvalue weighted by molar-refractivity contribution is 6.31. The van der Waals surface area contributed by atoms with E-state index in [-0.39, 0.29) is 17.9 Å². The number of halogens is 1. The summed E-state index contributed by atoms with van der Waals surface area (Å²) >= 11 is 5.99. The summed E-state index contributed by atoms with van der Waals surface area (Å²) in [6.07, 6.45) is 0. The third-order valence-corrected chi connectivity index (χ3v) is 3.22. The number of esters is 1. The molecular formula is C15H13ClO4. The van der Waals surface area contributed by atoms with Gasteiger partial charge in [-0.2, -0.15) is 0 Å². The molecule has 0 saturated carbocycles. The summed E-state index contributed by atoms with van der Waals surface area (Å²) in [7, 11) is 0. The second-order valence-electron chi connectivity index (χ2n) is 4.35. The maximum atomic E-state index is 12.1. The number of aryl methyl sites for hydroxylation is 2. The Balaban J connectivity index is 2.18. The van der Waals surface area contributed by atoms with Crippen molar-refractivity contribution in [2.75, 3.05) is 0 Å². The van der Waals surface area contributed by atoms with Crippen LogP contribution in [0.5, 0.6) is 0 Å². The number of carbonyl (C=O) groups is 1. The molecule has 5 heteroatoms. The van der Waals surface area contributed by atoms with E-state index >= 15 is 0 Å². The van der Waals surface area contributed by atoms with Crippen molar-refractivity contribution in [3.63, 3.8) is 0 Å². The van der Waals surface area contributed by atoms with Crippen LogP contribution in [0, 0.1) is 13.8 Å². The summed E-state index contributed by atoms with van der Waals surface area (Å²) in [5, 5.41) is 0.535. The van der Waals surface area contributed by atoms with Gasteiger partial charge in [0, 0.05) is 16.7 Å². The van der Waals surface area contributed by atoms with E-state index in [1.54, 1.807) is 32.0 Å². The Morgan fingerprint density at radius 1 is 1.30 bits per heavy atom. The van der Waals surface area contributed by atoms with Crippen LogP contribution < -0.4 is 5.63 Å². The van der Waals surface area contributed by atoms with Gasteiger partial charge in [0.15, 0.2) is 0 Å². The summed E-state index contributed by atoms with van der Waals surface area (Å²) in [4.78, 5) is 23.2. The smallest absolute Gasteiger partial charge is 0.342 e. The van der Waals surface area contributed by atoms with Crippen LogP contribution in [0.1, 0.15) is 27.2 Å². The monoisotopic (exact) mass is 292 g/mol. The average Bonchev–Trinajstić information content (AvgIpc) is 2.36. The molecule has 0 aliphatic carbocycles. The number of benzene rings is 1. The molecule has 0 fully saturated rings. The molecule has 0 unspecified atom stereocenters. The molecule has 20 heavy (non-hydrogen) atoms. The maximum Gasteiger partial charge on any atom is 0.342 e. The van der Waals surface area contributed by atoms with Gasteiger partial charge in [-0.05, 0) is 25.5 Å². The molecule has 1 heterocycles. The van der Waals surface area contributed by atoms with Crippen LogP contribution in [-0.4, -0.2) is 5.97 Å². The molecule has 0 N–H and O–H groups in total. The lowest BCUT2D eigenvalue weighted by molar-refractivity contribution is 0.0467. The predicted octanol–water partition coefficient (Wildman–Crippen LogP) is 3.27. The minimum atomic E-state index is -0.538. The Kier molecular flexibility index (Phi) is 4.25. The van der Waals surface area contributed by atoms with Gasteiger partial charge < -0.3 is 9.15 Å². The molecule has 2 aromatic rings. The van der Waals surface area contributed by atoms with Gasteiger partial charge in [-0.1, -0.05) is 29.8 Å². The Morgan fingerprint density at radius 3 is 2.65 bits per heavy atom. The van der Waals surface area contributed by atoms with Crippen molar-refractivity contribution in [2.45, 2.75) is 20.5 Å². The number of rotatable bonds is 3. The molecule has 0 amide bonds. The van der Waals surface area contributed by atoms with Crippen molar-refractivity contribution in [3.8, 4) is 0 Å². The fraction of sp³-hybridized carbons (Fsp3) is 0.200. The van der Waals surface area contributed by atoms with E-state index in [0.717, 1.165) is 5.56 Å². The van der Waals surface area contributed by atoms with Crippen LogP contribution in [-0.2, 0) is 11.3 Å². The first kappa shape index (κ1) is 14.3. The zero-order chi connectivity index (χ0) is 14.7. The Bertz CT molecular complexity index is 677. The van der Waals surface area contributed by atoms with E-state index < -0.39 is 11.6 Å². The van der Waals surface area contributed by atoms with Crippen LogP contribution in [0.2, 0.25) is 5.02 Å². The first-order valence-corrected chi connectivity index (χ1v) is 6.38. The van der Waals surface area contributed by atoms with Crippen molar-refractivity contribution in [1.82, 2.24) is 0 Å². The first-order valence-electron chi connectivity index (χ1n) is 6.01. The third-order valence-electron chi connectivity index (χ3n) is 2.86. The predicted molar refractivity (Wildman–Crippen MR) is 75.0 cm³/mol. The molecule has 1 aromatic heterocycles. The van der Waals surface area contributed by atoms with E-state index in [4.69, 9.17) is 20.8 Å². The van der Waals surface area contributed by atoms with E-state index in [1.807, 2.05) is 6.07 Å².